The fourth-order valence-electron chi connectivity index (χ4n) is 1.26. The highest BCUT2D eigenvalue weighted by Gasteiger charge is 2.32. The third kappa shape index (κ3) is 2.08. The quantitative estimate of drug-likeness (QED) is 0.862. The lowest BCUT2D eigenvalue weighted by atomic mass is 10.3. The van der Waals surface area contributed by atoms with Crippen LogP contribution in [0.2, 0.25) is 0 Å². The normalized spacial score (nSPS) is 12.0. The third-order valence-corrected chi connectivity index (χ3v) is 1.82. The zero-order chi connectivity index (χ0) is 11.8. The largest absolute Gasteiger partial charge is 0.573 e. The molecule has 1 heterocycles. The van der Waals surface area contributed by atoms with Gasteiger partial charge in [-0.1, -0.05) is 6.07 Å². The molecule has 0 saturated heterocycles. The predicted octanol–water partition coefficient (Wildman–Crippen LogP) is 2.19. The SMILES string of the molecule is NCc1nc2cccc(OC(F)(F)F)c2o1. The second-order valence-electron chi connectivity index (χ2n) is 2.96. The Balaban J connectivity index is 2.48. The van der Waals surface area contributed by atoms with E-state index in [2.05, 4.69) is 9.72 Å². The Kier molecular flexibility index (Phi) is 2.47. The molecule has 0 bridgehead atoms. The molecule has 7 heteroatoms. The number of halogens is 3. The van der Waals surface area contributed by atoms with Gasteiger partial charge in [-0.3, -0.25) is 0 Å². The summed E-state index contributed by atoms with van der Waals surface area (Å²) in [5, 5.41) is 0. The number of rotatable bonds is 2. The summed E-state index contributed by atoms with van der Waals surface area (Å²) in [4.78, 5) is 3.88. The molecular formula is C9H7F3N2O2. The van der Waals surface area contributed by atoms with Gasteiger partial charge in [0.2, 0.25) is 5.89 Å². The van der Waals surface area contributed by atoms with Crippen molar-refractivity contribution in [3.63, 3.8) is 0 Å². The first kappa shape index (κ1) is 10.7. The maximum Gasteiger partial charge on any atom is 0.573 e. The summed E-state index contributed by atoms with van der Waals surface area (Å²) < 4.78 is 45.0. The van der Waals surface area contributed by atoms with Crippen LogP contribution in [0.25, 0.3) is 11.1 Å². The fraction of sp³-hybridized carbons (Fsp3) is 0.222. The Labute approximate surface area is 87.8 Å². The van der Waals surface area contributed by atoms with Gasteiger partial charge in [-0.15, -0.1) is 13.2 Å². The van der Waals surface area contributed by atoms with Crippen molar-refractivity contribution < 1.29 is 22.3 Å². The van der Waals surface area contributed by atoms with Gasteiger partial charge in [-0.2, -0.15) is 0 Å². The first-order chi connectivity index (χ1) is 7.49. The highest BCUT2D eigenvalue weighted by molar-refractivity contribution is 5.79. The maximum absolute atomic E-state index is 12.0. The molecule has 1 aromatic carbocycles. The molecule has 1 aromatic heterocycles. The summed E-state index contributed by atoms with van der Waals surface area (Å²) >= 11 is 0. The minimum atomic E-state index is -4.76. The number of para-hydroxylation sites is 1. The summed E-state index contributed by atoms with van der Waals surface area (Å²) in [7, 11) is 0. The smallest absolute Gasteiger partial charge is 0.435 e. The molecule has 0 unspecified atom stereocenters. The van der Waals surface area contributed by atoms with Crippen LogP contribution in [0.1, 0.15) is 5.89 Å². The molecule has 2 N–H and O–H groups in total. The molecule has 2 aromatic rings. The number of oxazole rings is 1. The van der Waals surface area contributed by atoms with Crippen LogP contribution in [0.3, 0.4) is 0 Å². The van der Waals surface area contributed by atoms with E-state index in [-0.39, 0.29) is 23.5 Å². The van der Waals surface area contributed by atoms with Crippen molar-refractivity contribution in [3.8, 4) is 5.75 Å². The summed E-state index contributed by atoms with van der Waals surface area (Å²) in [6.45, 7) is 0.0140. The maximum atomic E-state index is 12.0. The Hall–Kier alpha value is -1.76. The van der Waals surface area contributed by atoms with Crippen molar-refractivity contribution in [1.29, 1.82) is 0 Å². The average Bonchev–Trinajstić information content (AvgIpc) is 2.59. The van der Waals surface area contributed by atoms with Crippen molar-refractivity contribution in [1.82, 2.24) is 4.98 Å². The number of alkyl halides is 3. The topological polar surface area (TPSA) is 61.3 Å². The van der Waals surface area contributed by atoms with Gasteiger partial charge in [0.1, 0.15) is 5.52 Å². The van der Waals surface area contributed by atoms with Crippen LogP contribution in [-0.4, -0.2) is 11.3 Å². The molecule has 86 valence electrons. The molecule has 0 aliphatic rings. The van der Waals surface area contributed by atoms with Gasteiger partial charge in [-0.05, 0) is 12.1 Å². The van der Waals surface area contributed by atoms with E-state index >= 15 is 0 Å². The number of aromatic nitrogens is 1. The predicted molar refractivity (Wildman–Crippen MR) is 48.6 cm³/mol. The van der Waals surface area contributed by atoms with Crippen LogP contribution in [0.15, 0.2) is 22.6 Å². The number of nitrogens with two attached hydrogens (primary N) is 1. The van der Waals surface area contributed by atoms with E-state index in [4.69, 9.17) is 10.2 Å². The van der Waals surface area contributed by atoms with E-state index in [1.807, 2.05) is 0 Å². The number of benzene rings is 1. The van der Waals surface area contributed by atoms with Crippen LogP contribution in [-0.2, 0) is 6.54 Å². The first-order valence-electron chi connectivity index (χ1n) is 4.34. The molecule has 2 rings (SSSR count). The summed E-state index contributed by atoms with van der Waals surface area (Å²) in [6.07, 6.45) is -4.76. The Bertz CT molecular complexity index is 507. The minimum Gasteiger partial charge on any atom is -0.435 e. The van der Waals surface area contributed by atoms with E-state index in [9.17, 15) is 13.2 Å². The van der Waals surface area contributed by atoms with Gasteiger partial charge < -0.3 is 14.9 Å². The van der Waals surface area contributed by atoms with Crippen LogP contribution < -0.4 is 10.5 Å². The Morgan fingerprint density at radius 3 is 2.75 bits per heavy atom. The lowest BCUT2D eigenvalue weighted by molar-refractivity contribution is -0.274. The van der Waals surface area contributed by atoms with Gasteiger partial charge in [0.15, 0.2) is 11.3 Å². The molecular weight excluding hydrogens is 225 g/mol. The summed E-state index contributed by atoms with van der Waals surface area (Å²) in [5.74, 6) is -0.259. The Morgan fingerprint density at radius 1 is 1.38 bits per heavy atom. The molecule has 0 amide bonds. The molecule has 4 nitrogen and oxygen atoms in total. The van der Waals surface area contributed by atoms with Crippen molar-refractivity contribution in [2.24, 2.45) is 5.73 Å². The van der Waals surface area contributed by atoms with Crippen molar-refractivity contribution in [2.75, 3.05) is 0 Å². The molecule has 0 atom stereocenters. The van der Waals surface area contributed by atoms with Crippen LogP contribution in [0.4, 0.5) is 13.2 Å². The second kappa shape index (κ2) is 3.67. The van der Waals surface area contributed by atoms with E-state index in [1.54, 1.807) is 0 Å². The van der Waals surface area contributed by atoms with Gasteiger partial charge in [0.05, 0.1) is 6.54 Å². The second-order valence-corrected chi connectivity index (χ2v) is 2.96. The third-order valence-electron chi connectivity index (χ3n) is 1.82. The molecule has 0 aliphatic carbocycles. The fourth-order valence-corrected chi connectivity index (χ4v) is 1.26. The first-order valence-corrected chi connectivity index (χ1v) is 4.34. The van der Waals surface area contributed by atoms with Crippen LogP contribution in [0, 0.1) is 0 Å². The van der Waals surface area contributed by atoms with Crippen molar-refractivity contribution in [3.05, 3.63) is 24.1 Å². The van der Waals surface area contributed by atoms with Gasteiger partial charge in [-0.25, -0.2) is 4.98 Å². The Morgan fingerprint density at radius 2 is 2.12 bits per heavy atom. The van der Waals surface area contributed by atoms with Crippen LogP contribution in [0.5, 0.6) is 5.75 Å². The van der Waals surface area contributed by atoms with E-state index < -0.39 is 12.1 Å². The molecule has 0 radical (unpaired) electrons. The highest BCUT2D eigenvalue weighted by atomic mass is 19.4. The van der Waals surface area contributed by atoms with E-state index in [0.29, 0.717) is 0 Å². The zero-order valence-electron chi connectivity index (χ0n) is 7.91. The minimum absolute atomic E-state index is 0.0140. The van der Waals surface area contributed by atoms with Crippen molar-refractivity contribution in [2.45, 2.75) is 12.9 Å². The van der Waals surface area contributed by atoms with Crippen molar-refractivity contribution >= 4 is 11.1 Å². The zero-order valence-corrected chi connectivity index (χ0v) is 7.91. The number of hydrogen-bond donors (Lipinski definition) is 1. The lowest BCUT2D eigenvalue weighted by Crippen LogP contribution is -2.17. The number of fused-ring (bicyclic) bond motifs is 1. The van der Waals surface area contributed by atoms with Crippen LogP contribution >= 0.6 is 0 Å². The molecule has 0 spiro atoms. The highest BCUT2D eigenvalue weighted by Crippen LogP contribution is 2.30. The van der Waals surface area contributed by atoms with E-state index in [1.165, 1.54) is 12.1 Å². The lowest BCUT2D eigenvalue weighted by Gasteiger charge is -2.07. The molecule has 0 aliphatic heterocycles. The summed E-state index contributed by atoms with van der Waals surface area (Å²) in [5.41, 5.74) is 5.50. The van der Waals surface area contributed by atoms with Gasteiger partial charge >= 0.3 is 6.36 Å². The molecule has 0 fully saturated rings. The number of hydrogen-bond acceptors (Lipinski definition) is 4. The average molecular weight is 232 g/mol. The van der Waals surface area contributed by atoms with E-state index in [0.717, 1.165) is 6.07 Å². The number of ether oxygens (including phenoxy) is 1. The van der Waals surface area contributed by atoms with Gasteiger partial charge in [0.25, 0.3) is 0 Å². The summed E-state index contributed by atoms with van der Waals surface area (Å²) in [6, 6.07) is 4.06. The standard InChI is InChI=1S/C9H7F3N2O2/c10-9(11,12)16-6-3-1-2-5-8(6)15-7(4-13)14-5/h1-3H,4,13H2. The molecule has 16 heavy (non-hydrogen) atoms. The number of nitrogens with zero attached hydrogens (tertiary/aromatic N) is 1. The van der Waals surface area contributed by atoms with Gasteiger partial charge in [0, 0.05) is 0 Å². The molecule has 0 saturated carbocycles. The monoisotopic (exact) mass is 232 g/mol.